The number of nitro benzene ring substituents is 1. The number of halogens is 1. The summed E-state index contributed by atoms with van der Waals surface area (Å²) in [5, 5.41) is 14.6. The number of carbonyl (C=O) groups is 1. The molecular weight excluding hydrogens is 300 g/mol. The third kappa shape index (κ3) is 3.23. The number of nitrogens with two attached hydrogens (primary N) is 1. The van der Waals surface area contributed by atoms with Gasteiger partial charge in [0.05, 0.1) is 16.5 Å². The van der Waals surface area contributed by atoms with Crippen LogP contribution in [-0.4, -0.2) is 20.6 Å². The van der Waals surface area contributed by atoms with Gasteiger partial charge in [0.15, 0.2) is 0 Å². The fourth-order valence-corrected chi connectivity index (χ4v) is 1.87. The quantitative estimate of drug-likeness (QED) is 0.665. The molecular formula is C12H9ClN4O4. The Morgan fingerprint density at radius 2 is 2.10 bits per heavy atom. The molecule has 0 saturated heterocycles. The van der Waals surface area contributed by atoms with Crippen molar-refractivity contribution >= 4 is 23.2 Å². The molecule has 21 heavy (non-hydrogen) atoms. The van der Waals surface area contributed by atoms with Crippen molar-refractivity contribution in [2.75, 3.05) is 0 Å². The number of primary amides is 1. The van der Waals surface area contributed by atoms with E-state index >= 15 is 0 Å². The van der Waals surface area contributed by atoms with Crippen molar-refractivity contribution in [2.45, 2.75) is 6.54 Å². The first-order valence-corrected chi connectivity index (χ1v) is 6.07. The van der Waals surface area contributed by atoms with E-state index in [0.717, 1.165) is 10.7 Å². The smallest absolute Gasteiger partial charge is 0.270 e. The Bertz CT molecular complexity index is 787. The fourth-order valence-electron chi connectivity index (χ4n) is 1.63. The molecule has 1 amide bonds. The largest absolute Gasteiger partial charge is 0.364 e. The average Bonchev–Trinajstić information content (AvgIpc) is 2.42. The lowest BCUT2D eigenvalue weighted by atomic mass is 10.2. The van der Waals surface area contributed by atoms with Crippen molar-refractivity contribution in [1.82, 2.24) is 9.78 Å². The van der Waals surface area contributed by atoms with Gasteiger partial charge >= 0.3 is 0 Å². The van der Waals surface area contributed by atoms with E-state index in [1.54, 1.807) is 0 Å². The summed E-state index contributed by atoms with van der Waals surface area (Å²) >= 11 is 5.94. The van der Waals surface area contributed by atoms with E-state index in [9.17, 15) is 19.7 Å². The summed E-state index contributed by atoms with van der Waals surface area (Å²) < 4.78 is 1.01. The molecule has 0 atom stereocenters. The summed E-state index contributed by atoms with van der Waals surface area (Å²) in [4.78, 5) is 32.8. The molecule has 2 rings (SSSR count). The van der Waals surface area contributed by atoms with Gasteiger partial charge in [0.1, 0.15) is 5.69 Å². The SMILES string of the molecule is NC(=O)c1ccc(=O)n(Cc2ccc([N+](=O)[O-])cc2Cl)n1. The maximum atomic E-state index is 11.7. The minimum absolute atomic E-state index is 0.0310. The molecule has 8 nitrogen and oxygen atoms in total. The number of nitro groups is 1. The van der Waals surface area contributed by atoms with E-state index in [-0.39, 0.29) is 22.9 Å². The number of benzene rings is 1. The Kier molecular flexibility index (Phi) is 3.99. The van der Waals surface area contributed by atoms with Crippen molar-refractivity contribution < 1.29 is 9.72 Å². The van der Waals surface area contributed by atoms with Crippen LogP contribution >= 0.6 is 11.6 Å². The molecule has 108 valence electrons. The van der Waals surface area contributed by atoms with Crippen molar-refractivity contribution in [3.05, 3.63) is 67.1 Å². The molecule has 0 unspecified atom stereocenters. The van der Waals surface area contributed by atoms with Gasteiger partial charge in [-0.2, -0.15) is 5.10 Å². The van der Waals surface area contributed by atoms with Gasteiger partial charge in [-0.3, -0.25) is 19.7 Å². The number of amides is 1. The van der Waals surface area contributed by atoms with Crippen molar-refractivity contribution in [3.63, 3.8) is 0 Å². The summed E-state index contributed by atoms with van der Waals surface area (Å²) in [6, 6.07) is 6.25. The van der Waals surface area contributed by atoms with Crippen LogP contribution in [0.2, 0.25) is 5.02 Å². The summed E-state index contributed by atoms with van der Waals surface area (Å²) in [5.41, 5.74) is 4.88. The zero-order valence-electron chi connectivity index (χ0n) is 10.5. The van der Waals surface area contributed by atoms with E-state index in [0.29, 0.717) is 5.56 Å². The van der Waals surface area contributed by atoms with E-state index in [2.05, 4.69) is 5.10 Å². The van der Waals surface area contributed by atoms with Crippen LogP contribution in [0.5, 0.6) is 0 Å². The standard InChI is InChI=1S/C12H9ClN4O4/c13-9-5-8(17(20)21)2-1-7(9)6-16-11(18)4-3-10(15-16)12(14)19/h1-5H,6H2,(H2,14,19). The van der Waals surface area contributed by atoms with Gasteiger partial charge in [0.25, 0.3) is 17.2 Å². The third-order valence-electron chi connectivity index (χ3n) is 2.69. The van der Waals surface area contributed by atoms with E-state index in [1.807, 2.05) is 0 Å². The highest BCUT2D eigenvalue weighted by Gasteiger charge is 2.12. The predicted octanol–water partition coefficient (Wildman–Crippen LogP) is 0.952. The van der Waals surface area contributed by atoms with Gasteiger partial charge in [-0.05, 0) is 17.7 Å². The number of non-ortho nitro benzene ring substituents is 1. The molecule has 1 heterocycles. The van der Waals surface area contributed by atoms with Crippen LogP contribution in [0.1, 0.15) is 16.1 Å². The molecule has 1 aromatic carbocycles. The lowest BCUT2D eigenvalue weighted by Crippen LogP contribution is -2.26. The molecule has 0 aliphatic rings. The molecule has 2 aromatic rings. The van der Waals surface area contributed by atoms with Crippen LogP contribution in [-0.2, 0) is 6.54 Å². The fraction of sp³-hybridized carbons (Fsp3) is 0.0833. The molecule has 0 radical (unpaired) electrons. The summed E-state index contributed by atoms with van der Waals surface area (Å²) in [6.07, 6.45) is 0. The number of hydrogen-bond donors (Lipinski definition) is 1. The number of carbonyl (C=O) groups excluding carboxylic acids is 1. The lowest BCUT2D eigenvalue weighted by Gasteiger charge is -2.07. The van der Waals surface area contributed by atoms with Crippen LogP contribution in [0.25, 0.3) is 0 Å². The normalized spacial score (nSPS) is 10.3. The van der Waals surface area contributed by atoms with Crippen LogP contribution in [0.4, 0.5) is 5.69 Å². The van der Waals surface area contributed by atoms with Crippen molar-refractivity contribution in [1.29, 1.82) is 0 Å². The van der Waals surface area contributed by atoms with Gasteiger partial charge in [-0.1, -0.05) is 11.6 Å². The molecule has 0 saturated carbocycles. The van der Waals surface area contributed by atoms with Crippen LogP contribution < -0.4 is 11.3 Å². The zero-order chi connectivity index (χ0) is 15.6. The minimum atomic E-state index is -0.765. The van der Waals surface area contributed by atoms with Crippen molar-refractivity contribution in [2.24, 2.45) is 5.73 Å². The topological polar surface area (TPSA) is 121 Å². The molecule has 9 heteroatoms. The molecule has 0 fully saturated rings. The first-order chi connectivity index (χ1) is 9.88. The predicted molar refractivity (Wildman–Crippen MR) is 74.2 cm³/mol. The molecule has 0 spiro atoms. The number of rotatable bonds is 4. The minimum Gasteiger partial charge on any atom is -0.364 e. The molecule has 2 N–H and O–H groups in total. The van der Waals surface area contributed by atoms with E-state index < -0.39 is 16.4 Å². The maximum absolute atomic E-state index is 11.7. The number of aromatic nitrogens is 2. The second kappa shape index (κ2) is 5.71. The Balaban J connectivity index is 2.38. The Labute approximate surface area is 122 Å². The summed E-state index contributed by atoms with van der Waals surface area (Å²) in [6.45, 7) is -0.0310. The monoisotopic (exact) mass is 308 g/mol. The Hall–Kier alpha value is -2.74. The van der Waals surface area contributed by atoms with Crippen LogP contribution in [0, 0.1) is 10.1 Å². The van der Waals surface area contributed by atoms with Crippen LogP contribution in [0.3, 0.4) is 0 Å². The molecule has 0 aliphatic heterocycles. The van der Waals surface area contributed by atoms with Gasteiger partial charge in [-0.15, -0.1) is 0 Å². The second-order valence-electron chi connectivity index (χ2n) is 4.11. The Morgan fingerprint density at radius 3 is 2.67 bits per heavy atom. The summed E-state index contributed by atoms with van der Waals surface area (Å²) in [7, 11) is 0. The highest BCUT2D eigenvalue weighted by molar-refractivity contribution is 6.31. The molecule has 1 aromatic heterocycles. The van der Waals surface area contributed by atoms with Gasteiger partial charge in [0, 0.05) is 18.2 Å². The van der Waals surface area contributed by atoms with Gasteiger partial charge < -0.3 is 5.73 Å². The van der Waals surface area contributed by atoms with Gasteiger partial charge in [-0.25, -0.2) is 4.68 Å². The third-order valence-corrected chi connectivity index (χ3v) is 3.04. The lowest BCUT2D eigenvalue weighted by molar-refractivity contribution is -0.384. The van der Waals surface area contributed by atoms with Gasteiger partial charge in [0.2, 0.25) is 0 Å². The molecule has 0 aliphatic carbocycles. The van der Waals surface area contributed by atoms with E-state index in [4.69, 9.17) is 17.3 Å². The first kappa shape index (κ1) is 14.7. The highest BCUT2D eigenvalue weighted by Crippen LogP contribution is 2.22. The molecule has 0 bridgehead atoms. The second-order valence-corrected chi connectivity index (χ2v) is 4.52. The first-order valence-electron chi connectivity index (χ1n) is 5.69. The Morgan fingerprint density at radius 1 is 1.38 bits per heavy atom. The van der Waals surface area contributed by atoms with E-state index in [1.165, 1.54) is 24.3 Å². The number of hydrogen-bond acceptors (Lipinski definition) is 5. The zero-order valence-corrected chi connectivity index (χ0v) is 11.3. The van der Waals surface area contributed by atoms with Crippen LogP contribution in [0.15, 0.2) is 35.1 Å². The maximum Gasteiger partial charge on any atom is 0.270 e. The summed E-state index contributed by atoms with van der Waals surface area (Å²) in [5.74, 6) is -0.765. The highest BCUT2D eigenvalue weighted by atomic mass is 35.5. The van der Waals surface area contributed by atoms with Crippen molar-refractivity contribution in [3.8, 4) is 0 Å². The average molecular weight is 309 g/mol. The number of nitrogens with zero attached hydrogens (tertiary/aromatic N) is 3.